The Morgan fingerprint density at radius 1 is 1.50 bits per heavy atom. The van der Waals surface area contributed by atoms with Crippen LogP contribution >= 0.6 is 0 Å². The van der Waals surface area contributed by atoms with Crippen LogP contribution in [0.5, 0.6) is 0 Å². The minimum Gasteiger partial charge on any atom is -0.368 e. The maximum atomic E-state index is 11.8. The highest BCUT2D eigenvalue weighted by Gasteiger charge is 2.12. The highest BCUT2D eigenvalue weighted by atomic mass is 16.5. The van der Waals surface area contributed by atoms with Crippen molar-refractivity contribution in [3.05, 3.63) is 48.0 Å². The fourth-order valence-electron chi connectivity index (χ4n) is 1.57. The molecule has 0 fully saturated rings. The summed E-state index contributed by atoms with van der Waals surface area (Å²) in [7, 11) is 0. The van der Waals surface area contributed by atoms with Gasteiger partial charge in [-0.15, -0.1) is 6.58 Å². The molecular formula is C15H20N2O3. The van der Waals surface area contributed by atoms with Crippen LogP contribution in [0.4, 0.5) is 0 Å². The van der Waals surface area contributed by atoms with E-state index in [1.807, 2.05) is 6.07 Å². The van der Waals surface area contributed by atoms with E-state index in [1.54, 1.807) is 31.2 Å². The summed E-state index contributed by atoms with van der Waals surface area (Å²) in [6, 6.07) is 6.84. The quantitative estimate of drug-likeness (QED) is 0.556. The second kappa shape index (κ2) is 8.12. The molecule has 5 heteroatoms. The van der Waals surface area contributed by atoms with E-state index < -0.39 is 12.0 Å². The molecule has 0 radical (unpaired) electrons. The monoisotopic (exact) mass is 276 g/mol. The second-order valence-electron chi connectivity index (χ2n) is 4.37. The molecule has 20 heavy (non-hydrogen) atoms. The molecule has 0 aliphatic rings. The zero-order valence-corrected chi connectivity index (χ0v) is 11.6. The molecule has 0 saturated carbocycles. The van der Waals surface area contributed by atoms with Gasteiger partial charge in [0, 0.05) is 12.1 Å². The number of nitrogens with one attached hydrogen (secondary N) is 1. The lowest BCUT2D eigenvalue weighted by Crippen LogP contribution is -2.34. The number of primary amides is 1. The Balaban J connectivity index is 2.46. The number of amides is 2. The summed E-state index contributed by atoms with van der Waals surface area (Å²) in [6.45, 7) is 6.07. The zero-order chi connectivity index (χ0) is 15.0. The molecule has 108 valence electrons. The third kappa shape index (κ3) is 5.24. The first-order valence-corrected chi connectivity index (χ1v) is 6.43. The topological polar surface area (TPSA) is 81.4 Å². The minimum absolute atomic E-state index is 0.196. The summed E-state index contributed by atoms with van der Waals surface area (Å²) in [5.41, 5.74) is 6.44. The number of rotatable bonds is 8. The molecule has 0 spiro atoms. The molecule has 0 bridgehead atoms. The normalized spacial score (nSPS) is 11.7. The van der Waals surface area contributed by atoms with Crippen molar-refractivity contribution < 1.29 is 14.3 Å². The van der Waals surface area contributed by atoms with E-state index in [0.717, 1.165) is 5.56 Å². The molecule has 1 aromatic carbocycles. The summed E-state index contributed by atoms with van der Waals surface area (Å²) in [5.74, 6) is -0.683. The van der Waals surface area contributed by atoms with E-state index in [0.29, 0.717) is 25.1 Å². The van der Waals surface area contributed by atoms with E-state index in [1.165, 1.54) is 0 Å². The summed E-state index contributed by atoms with van der Waals surface area (Å²) in [6.07, 6.45) is 1.92. The van der Waals surface area contributed by atoms with Crippen LogP contribution in [0.25, 0.3) is 0 Å². The first-order chi connectivity index (χ1) is 9.54. The molecule has 0 aliphatic heterocycles. The lowest BCUT2D eigenvalue weighted by molar-refractivity contribution is -0.131. The second-order valence-corrected chi connectivity index (χ2v) is 4.37. The van der Waals surface area contributed by atoms with Crippen molar-refractivity contribution in [3.8, 4) is 0 Å². The standard InChI is InChI=1S/C15H20N2O3/c1-3-4-8-20-11(2)15(19)17-10-12-6-5-7-13(9-12)14(16)18/h3,5-7,9,11H,1,4,8,10H2,2H3,(H2,16,18)(H,17,19). The molecule has 0 aromatic heterocycles. The van der Waals surface area contributed by atoms with Gasteiger partial charge in [-0.1, -0.05) is 18.2 Å². The van der Waals surface area contributed by atoms with Gasteiger partial charge in [-0.25, -0.2) is 0 Å². The smallest absolute Gasteiger partial charge is 0.249 e. The highest BCUT2D eigenvalue weighted by Crippen LogP contribution is 2.04. The van der Waals surface area contributed by atoms with Gasteiger partial charge in [-0.2, -0.15) is 0 Å². The number of benzene rings is 1. The Morgan fingerprint density at radius 3 is 2.90 bits per heavy atom. The van der Waals surface area contributed by atoms with Crippen molar-refractivity contribution >= 4 is 11.8 Å². The first kappa shape index (κ1) is 15.9. The Morgan fingerprint density at radius 2 is 2.25 bits per heavy atom. The fourth-order valence-corrected chi connectivity index (χ4v) is 1.57. The van der Waals surface area contributed by atoms with Crippen LogP contribution in [0.1, 0.15) is 29.3 Å². The highest BCUT2D eigenvalue weighted by molar-refractivity contribution is 5.92. The molecule has 0 aliphatic carbocycles. The molecule has 1 rings (SSSR count). The molecule has 2 amide bonds. The zero-order valence-electron chi connectivity index (χ0n) is 11.6. The third-order valence-corrected chi connectivity index (χ3v) is 2.74. The summed E-state index contributed by atoms with van der Waals surface area (Å²) >= 11 is 0. The average molecular weight is 276 g/mol. The lowest BCUT2D eigenvalue weighted by atomic mass is 10.1. The van der Waals surface area contributed by atoms with Crippen molar-refractivity contribution in [2.24, 2.45) is 5.73 Å². The molecule has 5 nitrogen and oxygen atoms in total. The van der Waals surface area contributed by atoms with Crippen LogP contribution in [-0.4, -0.2) is 24.5 Å². The van der Waals surface area contributed by atoms with Crippen LogP contribution in [-0.2, 0) is 16.1 Å². The molecule has 1 atom stereocenters. The van der Waals surface area contributed by atoms with Gasteiger partial charge in [0.05, 0.1) is 6.61 Å². The van der Waals surface area contributed by atoms with Crippen LogP contribution in [0, 0.1) is 0 Å². The molecular weight excluding hydrogens is 256 g/mol. The van der Waals surface area contributed by atoms with Crippen LogP contribution < -0.4 is 11.1 Å². The van der Waals surface area contributed by atoms with Crippen LogP contribution in [0.2, 0.25) is 0 Å². The Hall–Kier alpha value is -2.14. The molecule has 1 aromatic rings. The van der Waals surface area contributed by atoms with Gasteiger partial charge in [-0.05, 0) is 31.0 Å². The average Bonchev–Trinajstić information content (AvgIpc) is 2.45. The SMILES string of the molecule is C=CCCOC(C)C(=O)NCc1cccc(C(N)=O)c1. The van der Waals surface area contributed by atoms with E-state index in [-0.39, 0.29) is 5.91 Å². The van der Waals surface area contributed by atoms with E-state index in [4.69, 9.17) is 10.5 Å². The Labute approximate surface area is 118 Å². The summed E-state index contributed by atoms with van der Waals surface area (Å²) in [4.78, 5) is 22.8. The summed E-state index contributed by atoms with van der Waals surface area (Å²) in [5, 5.41) is 2.75. The number of hydrogen-bond donors (Lipinski definition) is 2. The van der Waals surface area contributed by atoms with Crippen molar-refractivity contribution in [1.82, 2.24) is 5.32 Å². The predicted molar refractivity (Wildman–Crippen MR) is 77.0 cm³/mol. The van der Waals surface area contributed by atoms with Crippen LogP contribution in [0.15, 0.2) is 36.9 Å². The minimum atomic E-state index is -0.519. The Bertz CT molecular complexity index is 486. The van der Waals surface area contributed by atoms with E-state index in [2.05, 4.69) is 11.9 Å². The van der Waals surface area contributed by atoms with Gasteiger partial charge in [-0.3, -0.25) is 9.59 Å². The van der Waals surface area contributed by atoms with E-state index in [9.17, 15) is 9.59 Å². The Kier molecular flexibility index (Phi) is 6.46. The molecule has 3 N–H and O–H groups in total. The van der Waals surface area contributed by atoms with Crippen molar-refractivity contribution in [2.75, 3.05) is 6.61 Å². The predicted octanol–water partition coefficient (Wildman–Crippen LogP) is 1.38. The lowest BCUT2D eigenvalue weighted by Gasteiger charge is -2.13. The van der Waals surface area contributed by atoms with Crippen molar-refractivity contribution in [2.45, 2.75) is 26.0 Å². The molecule has 1 unspecified atom stereocenters. The van der Waals surface area contributed by atoms with Gasteiger partial charge in [0.25, 0.3) is 0 Å². The largest absolute Gasteiger partial charge is 0.368 e. The fraction of sp³-hybridized carbons (Fsp3) is 0.333. The number of hydrogen-bond acceptors (Lipinski definition) is 3. The van der Waals surface area contributed by atoms with Gasteiger partial charge in [0.15, 0.2) is 0 Å². The number of nitrogens with two attached hydrogens (primary N) is 1. The van der Waals surface area contributed by atoms with Crippen molar-refractivity contribution in [3.63, 3.8) is 0 Å². The summed E-state index contributed by atoms with van der Waals surface area (Å²) < 4.78 is 5.34. The first-order valence-electron chi connectivity index (χ1n) is 6.43. The van der Waals surface area contributed by atoms with E-state index >= 15 is 0 Å². The maximum absolute atomic E-state index is 11.8. The van der Waals surface area contributed by atoms with Gasteiger partial charge in [0.2, 0.25) is 11.8 Å². The number of carbonyl (C=O) groups is 2. The van der Waals surface area contributed by atoms with Gasteiger partial charge in [0.1, 0.15) is 6.10 Å². The third-order valence-electron chi connectivity index (χ3n) is 2.74. The van der Waals surface area contributed by atoms with Gasteiger partial charge < -0.3 is 15.8 Å². The van der Waals surface area contributed by atoms with Crippen LogP contribution in [0.3, 0.4) is 0 Å². The number of ether oxygens (including phenoxy) is 1. The van der Waals surface area contributed by atoms with Gasteiger partial charge >= 0.3 is 0 Å². The molecule has 0 heterocycles. The van der Waals surface area contributed by atoms with Crippen molar-refractivity contribution in [1.29, 1.82) is 0 Å². The maximum Gasteiger partial charge on any atom is 0.249 e. The number of carbonyl (C=O) groups excluding carboxylic acids is 2. The molecule has 0 saturated heterocycles.